The number of aromatic amines is 1. The van der Waals surface area contributed by atoms with Gasteiger partial charge in [-0.25, -0.2) is 4.98 Å². The third-order valence-corrected chi connectivity index (χ3v) is 2.64. The van der Waals surface area contributed by atoms with E-state index in [9.17, 15) is 0 Å². The molecule has 4 nitrogen and oxygen atoms in total. The molecule has 0 spiro atoms. The quantitative estimate of drug-likeness (QED) is 0.857. The maximum Gasteiger partial charge on any atom is 0.166 e. The van der Waals surface area contributed by atoms with Crippen molar-refractivity contribution in [2.75, 3.05) is 7.11 Å². The first-order chi connectivity index (χ1) is 8.17. The van der Waals surface area contributed by atoms with E-state index in [0.717, 1.165) is 22.4 Å². The normalized spacial score (nSPS) is 10.0. The molecule has 0 saturated carbocycles. The molecule has 0 unspecified atom stereocenters. The molecule has 0 radical (unpaired) electrons. The highest BCUT2D eigenvalue weighted by Gasteiger charge is 2.14. The van der Waals surface area contributed by atoms with Crippen molar-refractivity contribution < 1.29 is 4.74 Å². The van der Waals surface area contributed by atoms with Crippen LogP contribution in [0.15, 0.2) is 18.5 Å². The molecule has 0 amide bonds. The Morgan fingerprint density at radius 1 is 1.35 bits per heavy atom. The van der Waals surface area contributed by atoms with E-state index in [-0.39, 0.29) is 0 Å². The Hall–Kier alpha value is -2.28. The van der Waals surface area contributed by atoms with E-state index >= 15 is 0 Å². The van der Waals surface area contributed by atoms with E-state index in [1.54, 1.807) is 7.11 Å². The number of nitriles is 1. The number of H-pyrrole nitrogens is 1. The van der Waals surface area contributed by atoms with Crippen molar-refractivity contribution >= 4 is 0 Å². The van der Waals surface area contributed by atoms with Crippen molar-refractivity contribution in [3.63, 3.8) is 0 Å². The number of imidazole rings is 1. The third kappa shape index (κ3) is 1.87. The fraction of sp³-hybridized carbons (Fsp3) is 0.231. The van der Waals surface area contributed by atoms with Crippen molar-refractivity contribution in [1.82, 2.24) is 9.97 Å². The third-order valence-electron chi connectivity index (χ3n) is 2.64. The van der Waals surface area contributed by atoms with Crippen molar-refractivity contribution in [3.8, 4) is 23.1 Å². The summed E-state index contributed by atoms with van der Waals surface area (Å²) in [6.07, 6.45) is 1.52. The Labute approximate surface area is 99.9 Å². The lowest BCUT2D eigenvalue weighted by Gasteiger charge is -2.11. The van der Waals surface area contributed by atoms with Crippen LogP contribution in [0.3, 0.4) is 0 Å². The molecular weight excluding hydrogens is 214 g/mol. The second-order valence-electron chi connectivity index (χ2n) is 3.90. The van der Waals surface area contributed by atoms with E-state index in [0.29, 0.717) is 11.4 Å². The lowest BCUT2D eigenvalue weighted by molar-refractivity contribution is 0.413. The van der Waals surface area contributed by atoms with E-state index < -0.39 is 0 Å². The maximum absolute atomic E-state index is 9.00. The summed E-state index contributed by atoms with van der Waals surface area (Å²) in [4.78, 5) is 6.96. The first-order valence-electron chi connectivity index (χ1n) is 5.26. The topological polar surface area (TPSA) is 61.7 Å². The summed E-state index contributed by atoms with van der Waals surface area (Å²) in [7, 11) is 1.63. The van der Waals surface area contributed by atoms with Crippen molar-refractivity contribution in [3.05, 3.63) is 35.3 Å². The summed E-state index contributed by atoms with van der Waals surface area (Å²) < 4.78 is 5.40. The fourth-order valence-corrected chi connectivity index (χ4v) is 2.00. The van der Waals surface area contributed by atoms with Crippen LogP contribution in [0.2, 0.25) is 0 Å². The molecule has 2 rings (SSSR count). The highest BCUT2D eigenvalue weighted by atomic mass is 16.5. The number of benzene rings is 1. The Balaban J connectivity index is 2.71. The standard InChI is InChI=1S/C13H13N3O/c1-8-4-9(2)13(17-3)10(5-8)12-11(6-14)15-7-16-12/h4-5,7H,1-3H3,(H,15,16). The molecule has 0 aliphatic rings. The van der Waals surface area contributed by atoms with Gasteiger partial charge in [0.05, 0.1) is 19.1 Å². The second-order valence-corrected chi connectivity index (χ2v) is 3.90. The van der Waals surface area contributed by atoms with Gasteiger partial charge in [-0.1, -0.05) is 6.07 Å². The van der Waals surface area contributed by atoms with Crippen molar-refractivity contribution in [2.45, 2.75) is 13.8 Å². The Bertz CT molecular complexity index is 593. The average Bonchev–Trinajstić information content (AvgIpc) is 2.75. The van der Waals surface area contributed by atoms with E-state index in [4.69, 9.17) is 10.00 Å². The largest absolute Gasteiger partial charge is 0.496 e. The SMILES string of the molecule is COc1c(C)cc(C)cc1-c1[nH]cnc1C#N. The number of aromatic nitrogens is 2. The minimum atomic E-state index is 0.383. The molecule has 1 aromatic carbocycles. The molecule has 1 N–H and O–H groups in total. The zero-order chi connectivity index (χ0) is 12.4. The number of nitrogens with zero attached hydrogens (tertiary/aromatic N) is 2. The highest BCUT2D eigenvalue weighted by Crippen LogP contribution is 2.34. The van der Waals surface area contributed by atoms with Gasteiger partial charge in [0, 0.05) is 5.56 Å². The molecule has 86 valence electrons. The molecule has 1 aromatic heterocycles. The fourth-order valence-electron chi connectivity index (χ4n) is 2.00. The summed E-state index contributed by atoms with van der Waals surface area (Å²) in [5.41, 5.74) is 4.13. The minimum Gasteiger partial charge on any atom is -0.496 e. The van der Waals surface area contributed by atoms with Gasteiger partial charge in [0.1, 0.15) is 11.8 Å². The van der Waals surface area contributed by atoms with Gasteiger partial charge in [0.25, 0.3) is 0 Å². The number of rotatable bonds is 2. The number of methoxy groups -OCH3 is 1. The number of aryl methyl sites for hydroxylation is 2. The smallest absolute Gasteiger partial charge is 0.166 e. The monoisotopic (exact) mass is 227 g/mol. The predicted molar refractivity (Wildman–Crippen MR) is 64.8 cm³/mol. The summed E-state index contributed by atoms with van der Waals surface area (Å²) in [6, 6.07) is 6.10. The molecule has 4 heteroatoms. The zero-order valence-corrected chi connectivity index (χ0v) is 10.0. The van der Waals surface area contributed by atoms with Gasteiger partial charge in [0.2, 0.25) is 0 Å². The lowest BCUT2D eigenvalue weighted by atomic mass is 10.0. The van der Waals surface area contributed by atoms with Crippen LogP contribution in [-0.2, 0) is 0 Å². The summed E-state index contributed by atoms with van der Waals surface area (Å²) >= 11 is 0. The predicted octanol–water partition coefficient (Wildman–Crippen LogP) is 2.57. The molecule has 0 saturated heterocycles. The van der Waals surface area contributed by atoms with Crippen molar-refractivity contribution in [2.24, 2.45) is 0 Å². The van der Waals surface area contributed by atoms with Gasteiger partial charge in [-0.3, -0.25) is 0 Å². The van der Waals surface area contributed by atoms with Crippen LogP contribution < -0.4 is 4.74 Å². The summed E-state index contributed by atoms with van der Waals surface area (Å²) in [6.45, 7) is 4.00. The van der Waals surface area contributed by atoms with Gasteiger partial charge >= 0.3 is 0 Å². The van der Waals surface area contributed by atoms with Crippen LogP contribution in [0.4, 0.5) is 0 Å². The molecule has 17 heavy (non-hydrogen) atoms. The van der Waals surface area contributed by atoms with Crippen LogP contribution >= 0.6 is 0 Å². The number of hydrogen-bond acceptors (Lipinski definition) is 3. The Kier molecular flexibility index (Phi) is 2.84. The molecule has 1 heterocycles. The molecule has 0 fully saturated rings. The van der Waals surface area contributed by atoms with Crippen LogP contribution in [-0.4, -0.2) is 17.1 Å². The van der Waals surface area contributed by atoms with Crippen LogP contribution in [0, 0.1) is 25.2 Å². The van der Waals surface area contributed by atoms with Gasteiger partial charge in [-0.2, -0.15) is 5.26 Å². The second kappa shape index (κ2) is 4.30. The van der Waals surface area contributed by atoms with E-state index in [1.807, 2.05) is 26.0 Å². The minimum absolute atomic E-state index is 0.383. The van der Waals surface area contributed by atoms with E-state index in [2.05, 4.69) is 16.0 Å². The van der Waals surface area contributed by atoms with Crippen LogP contribution in [0.1, 0.15) is 16.8 Å². The van der Waals surface area contributed by atoms with Crippen molar-refractivity contribution in [1.29, 1.82) is 5.26 Å². The van der Waals surface area contributed by atoms with Crippen LogP contribution in [0.25, 0.3) is 11.3 Å². The summed E-state index contributed by atoms with van der Waals surface area (Å²) in [5.74, 6) is 0.774. The highest BCUT2D eigenvalue weighted by molar-refractivity contribution is 5.73. The van der Waals surface area contributed by atoms with Gasteiger partial charge in [0.15, 0.2) is 5.69 Å². The molecule has 0 bridgehead atoms. The zero-order valence-electron chi connectivity index (χ0n) is 10.0. The molecule has 0 aliphatic carbocycles. The number of ether oxygens (including phenoxy) is 1. The molecule has 0 aliphatic heterocycles. The summed E-state index contributed by atoms with van der Waals surface area (Å²) in [5, 5.41) is 9.00. The van der Waals surface area contributed by atoms with Gasteiger partial charge < -0.3 is 9.72 Å². The Morgan fingerprint density at radius 3 is 2.76 bits per heavy atom. The van der Waals surface area contributed by atoms with Gasteiger partial charge in [-0.05, 0) is 31.0 Å². The average molecular weight is 227 g/mol. The first-order valence-corrected chi connectivity index (χ1v) is 5.26. The molecular formula is C13H13N3O. The van der Waals surface area contributed by atoms with Crippen LogP contribution in [0.5, 0.6) is 5.75 Å². The molecule has 2 aromatic rings. The Morgan fingerprint density at radius 2 is 2.12 bits per heavy atom. The number of hydrogen-bond donors (Lipinski definition) is 1. The lowest BCUT2D eigenvalue weighted by Crippen LogP contribution is -1.94. The molecule has 0 atom stereocenters. The van der Waals surface area contributed by atoms with E-state index in [1.165, 1.54) is 6.33 Å². The first kappa shape index (κ1) is 11.2. The number of nitrogens with one attached hydrogen (secondary N) is 1. The van der Waals surface area contributed by atoms with Gasteiger partial charge in [-0.15, -0.1) is 0 Å². The maximum atomic E-state index is 9.00.